The standard InChI is InChI=1S/C36H44Cl2N4O4S2/c1-21(19-35(3,4)47(39)43)23-15-17-29(41-33(23)45-7)27-13-9-11-25(31(27)37)26-12-10-14-28(32(26)38)30-18-16-24(34(42-30)46-8)22(2)20-36(5,6)48(40)44/h9-18,21-22H,19-20,39-40H2,1-8H3/t21-,22-,47?,48?/m0/s1. The lowest BCUT2D eigenvalue weighted by atomic mass is 9.91. The Kier molecular flexibility index (Phi) is 12.4. The first-order chi connectivity index (χ1) is 22.5. The van der Waals surface area contributed by atoms with Gasteiger partial charge in [0.1, 0.15) is 9.49 Å². The fourth-order valence-corrected chi connectivity index (χ4v) is 7.49. The molecule has 2 unspecified atom stereocenters. The lowest BCUT2D eigenvalue weighted by Gasteiger charge is -2.28. The molecule has 0 saturated carbocycles. The molecule has 2 aromatic carbocycles. The molecule has 0 fully saturated rings. The van der Waals surface area contributed by atoms with Crippen LogP contribution in [0.15, 0.2) is 60.7 Å². The fourth-order valence-electron chi connectivity index (χ4n) is 6.01. The zero-order valence-corrected chi connectivity index (χ0v) is 31.7. The zero-order chi connectivity index (χ0) is 35.6. The Hall–Kier alpha value is -2.54. The summed E-state index contributed by atoms with van der Waals surface area (Å²) in [6.45, 7) is 11.6. The first-order valence-corrected chi connectivity index (χ1v) is 18.7. The maximum Gasteiger partial charge on any atom is 0.217 e. The Labute approximate surface area is 300 Å². The van der Waals surface area contributed by atoms with Crippen LogP contribution in [-0.4, -0.2) is 42.8 Å². The summed E-state index contributed by atoms with van der Waals surface area (Å²) in [7, 11) is 3.16. The predicted molar refractivity (Wildman–Crippen MR) is 200 cm³/mol. The highest BCUT2D eigenvalue weighted by Crippen LogP contribution is 2.44. The number of ether oxygens (including phenoxy) is 2. The summed E-state index contributed by atoms with van der Waals surface area (Å²) in [5, 5.41) is 12.4. The number of hydrogen-bond donors (Lipinski definition) is 2. The van der Waals surface area contributed by atoms with E-state index in [1.807, 2.05) is 102 Å². The van der Waals surface area contributed by atoms with Gasteiger partial charge in [0.05, 0.1) is 35.7 Å². The van der Waals surface area contributed by atoms with Gasteiger partial charge < -0.3 is 18.6 Å². The molecular weight excluding hydrogens is 687 g/mol. The van der Waals surface area contributed by atoms with E-state index in [4.69, 9.17) is 52.9 Å². The van der Waals surface area contributed by atoms with Crippen LogP contribution in [0.5, 0.6) is 11.8 Å². The second-order valence-electron chi connectivity index (χ2n) is 13.2. The van der Waals surface area contributed by atoms with Crippen LogP contribution in [0, 0.1) is 0 Å². The molecule has 0 spiro atoms. The quantitative estimate of drug-likeness (QED) is 0.130. The van der Waals surface area contributed by atoms with Crippen LogP contribution < -0.4 is 19.8 Å². The van der Waals surface area contributed by atoms with Crippen molar-refractivity contribution in [1.29, 1.82) is 0 Å². The molecule has 0 radical (unpaired) electrons. The molecule has 0 bridgehead atoms. The number of methoxy groups -OCH3 is 2. The smallest absolute Gasteiger partial charge is 0.217 e. The predicted octanol–water partition coefficient (Wildman–Crippen LogP) is 8.59. The molecule has 2 heterocycles. The molecule has 0 saturated heterocycles. The van der Waals surface area contributed by atoms with Crippen LogP contribution >= 0.6 is 23.2 Å². The van der Waals surface area contributed by atoms with E-state index in [1.54, 1.807) is 14.2 Å². The number of aromatic nitrogens is 2. The van der Waals surface area contributed by atoms with Gasteiger partial charge in [0.25, 0.3) is 0 Å². The van der Waals surface area contributed by atoms with E-state index in [-0.39, 0.29) is 11.8 Å². The minimum Gasteiger partial charge on any atom is -0.598 e. The third-order valence-electron chi connectivity index (χ3n) is 8.75. The van der Waals surface area contributed by atoms with Gasteiger partial charge in [0.15, 0.2) is 0 Å². The monoisotopic (exact) mass is 730 g/mol. The van der Waals surface area contributed by atoms with E-state index in [9.17, 15) is 9.11 Å². The van der Waals surface area contributed by atoms with Crippen LogP contribution in [0.2, 0.25) is 10.0 Å². The van der Waals surface area contributed by atoms with E-state index in [2.05, 4.69) is 0 Å². The molecule has 4 atom stereocenters. The van der Waals surface area contributed by atoms with Gasteiger partial charge in [0.2, 0.25) is 11.8 Å². The van der Waals surface area contributed by atoms with Crippen molar-refractivity contribution in [1.82, 2.24) is 9.97 Å². The molecule has 4 N–H and O–H groups in total. The van der Waals surface area contributed by atoms with Gasteiger partial charge in [-0.3, -0.25) is 0 Å². The SMILES string of the molecule is COc1nc(-c2cccc(-c3cccc(-c4ccc([C@@H](C)CC(C)(C)[S+](N)[O-])c(OC)n4)c3Cl)c2Cl)ccc1[C@@H](C)CC(C)(C)[S+](N)[O-]. The molecule has 4 rings (SSSR count). The van der Waals surface area contributed by atoms with Crippen molar-refractivity contribution >= 4 is 45.9 Å². The number of hydrogen-bond acceptors (Lipinski definition) is 8. The molecule has 258 valence electrons. The molecule has 0 aliphatic heterocycles. The lowest BCUT2D eigenvalue weighted by Crippen LogP contribution is -2.38. The number of pyridine rings is 2. The summed E-state index contributed by atoms with van der Waals surface area (Å²) >= 11 is 11.2. The van der Waals surface area contributed by atoms with Gasteiger partial charge >= 0.3 is 0 Å². The van der Waals surface area contributed by atoms with Gasteiger partial charge in [-0.15, -0.1) is 0 Å². The average molecular weight is 732 g/mol. The summed E-state index contributed by atoms with van der Waals surface area (Å²) in [6, 6.07) is 19.2. The topological polar surface area (TPSA) is 142 Å². The molecule has 0 amide bonds. The van der Waals surface area contributed by atoms with E-state index < -0.39 is 32.2 Å². The zero-order valence-electron chi connectivity index (χ0n) is 28.6. The second-order valence-corrected chi connectivity index (χ2v) is 17.4. The Morgan fingerprint density at radius 2 is 0.979 bits per heavy atom. The second kappa shape index (κ2) is 15.6. The van der Waals surface area contributed by atoms with E-state index in [1.165, 1.54) is 0 Å². The molecule has 2 aromatic heterocycles. The van der Waals surface area contributed by atoms with Crippen LogP contribution in [-0.2, 0) is 22.7 Å². The van der Waals surface area contributed by atoms with Crippen molar-refractivity contribution in [3.05, 3.63) is 81.8 Å². The summed E-state index contributed by atoms with van der Waals surface area (Å²) < 4.78 is 34.4. The first-order valence-electron chi connectivity index (χ1n) is 15.5. The van der Waals surface area contributed by atoms with Gasteiger partial charge in [0, 0.05) is 68.9 Å². The third-order valence-corrected chi connectivity index (χ3v) is 12.1. The van der Waals surface area contributed by atoms with Gasteiger partial charge in [-0.2, -0.15) is 10.3 Å². The van der Waals surface area contributed by atoms with Crippen molar-refractivity contribution in [2.24, 2.45) is 10.3 Å². The van der Waals surface area contributed by atoms with Gasteiger partial charge in [-0.05, 0) is 51.7 Å². The Balaban J connectivity index is 1.70. The normalized spacial score (nSPS) is 14.7. The molecule has 48 heavy (non-hydrogen) atoms. The van der Waals surface area contributed by atoms with Gasteiger partial charge in [-0.1, -0.05) is 85.6 Å². The summed E-state index contributed by atoms with van der Waals surface area (Å²) in [5.74, 6) is 0.941. The molecule has 4 aromatic rings. The van der Waals surface area contributed by atoms with Crippen LogP contribution in [0.1, 0.15) is 77.3 Å². The van der Waals surface area contributed by atoms with Crippen LogP contribution in [0.3, 0.4) is 0 Å². The summed E-state index contributed by atoms with van der Waals surface area (Å²) in [6.07, 6.45) is 1.19. The van der Waals surface area contributed by atoms with Crippen molar-refractivity contribution in [2.75, 3.05) is 14.2 Å². The molecular formula is C36H44Cl2N4O4S2. The maximum absolute atomic E-state index is 12.1. The van der Waals surface area contributed by atoms with Crippen molar-refractivity contribution < 1.29 is 18.6 Å². The van der Waals surface area contributed by atoms with E-state index in [0.29, 0.717) is 46.0 Å². The highest BCUT2D eigenvalue weighted by Gasteiger charge is 2.34. The van der Waals surface area contributed by atoms with E-state index >= 15 is 0 Å². The Bertz CT molecular complexity index is 1630. The largest absolute Gasteiger partial charge is 0.598 e. The minimum atomic E-state index is -1.48. The lowest BCUT2D eigenvalue weighted by molar-refractivity contribution is 0.385. The third kappa shape index (κ3) is 8.25. The average Bonchev–Trinajstić information content (AvgIpc) is 3.04. The summed E-state index contributed by atoms with van der Waals surface area (Å²) in [5.41, 5.74) is 5.98. The number of rotatable bonds is 13. The maximum atomic E-state index is 12.1. The molecule has 0 aliphatic rings. The number of nitrogens with zero attached hydrogens (tertiary/aromatic N) is 2. The number of nitrogens with two attached hydrogens (primary N) is 2. The fraction of sp³-hybridized carbons (Fsp3) is 0.389. The molecule has 12 heteroatoms. The van der Waals surface area contributed by atoms with Crippen molar-refractivity contribution in [2.45, 2.75) is 75.7 Å². The minimum absolute atomic E-state index is 0.000167. The Morgan fingerprint density at radius 1 is 0.646 bits per heavy atom. The number of halogens is 2. The van der Waals surface area contributed by atoms with Crippen LogP contribution in [0.25, 0.3) is 33.6 Å². The molecule has 0 aliphatic carbocycles. The van der Waals surface area contributed by atoms with Crippen LogP contribution in [0.4, 0.5) is 0 Å². The number of benzene rings is 2. The Morgan fingerprint density at radius 3 is 1.29 bits per heavy atom. The highest BCUT2D eigenvalue weighted by atomic mass is 35.5. The first kappa shape index (κ1) is 38.3. The van der Waals surface area contributed by atoms with Crippen molar-refractivity contribution in [3.8, 4) is 45.4 Å². The van der Waals surface area contributed by atoms with E-state index in [0.717, 1.165) is 33.4 Å². The van der Waals surface area contributed by atoms with Crippen molar-refractivity contribution in [3.63, 3.8) is 0 Å². The molecule has 8 nitrogen and oxygen atoms in total. The highest BCUT2D eigenvalue weighted by molar-refractivity contribution is 7.90. The summed E-state index contributed by atoms with van der Waals surface area (Å²) in [4.78, 5) is 9.64. The van der Waals surface area contributed by atoms with Gasteiger partial charge in [-0.25, -0.2) is 9.97 Å².